The Hall–Kier alpha value is -1.51. The van der Waals surface area contributed by atoms with Gasteiger partial charge in [0.25, 0.3) is 0 Å². The lowest BCUT2D eigenvalue weighted by atomic mass is 10.2. The van der Waals surface area contributed by atoms with Crippen LogP contribution in [0.1, 0.15) is 39.0 Å². The number of benzene rings is 1. The van der Waals surface area contributed by atoms with E-state index in [4.69, 9.17) is 4.74 Å². The predicted molar refractivity (Wildman–Crippen MR) is 73.7 cm³/mol. The van der Waals surface area contributed by atoms with Gasteiger partial charge in [-0.3, -0.25) is 4.79 Å². The Morgan fingerprint density at radius 2 is 1.94 bits per heavy atom. The molecule has 1 rings (SSSR count). The van der Waals surface area contributed by atoms with E-state index < -0.39 is 0 Å². The van der Waals surface area contributed by atoms with Gasteiger partial charge in [-0.25, -0.2) is 0 Å². The molecule has 0 radical (unpaired) electrons. The summed E-state index contributed by atoms with van der Waals surface area (Å²) in [6.45, 7) is 3.54. The minimum Gasteiger partial charge on any atom is -0.494 e. The number of rotatable bonds is 9. The highest BCUT2D eigenvalue weighted by atomic mass is 16.5. The van der Waals surface area contributed by atoms with Crippen molar-refractivity contribution in [2.45, 2.75) is 39.0 Å². The van der Waals surface area contributed by atoms with Crippen molar-refractivity contribution in [1.29, 1.82) is 0 Å². The Kier molecular flexibility index (Phi) is 7.69. The standard InChI is InChI=1S/C15H23NO2/c1-2-9-15(17)16-12-7-4-8-13-18-14-10-5-3-6-11-14/h3,5-6,10-11H,2,4,7-9,12-13H2,1H3,(H,16,17). The second kappa shape index (κ2) is 9.51. The molecule has 0 aromatic heterocycles. The number of carbonyl (C=O) groups excluding carboxylic acids is 1. The highest BCUT2D eigenvalue weighted by Gasteiger charge is 1.97. The highest BCUT2D eigenvalue weighted by molar-refractivity contribution is 5.75. The molecule has 0 bridgehead atoms. The molecule has 3 nitrogen and oxygen atoms in total. The molecule has 1 N–H and O–H groups in total. The fourth-order valence-electron chi connectivity index (χ4n) is 1.65. The number of ether oxygens (including phenoxy) is 1. The molecule has 0 heterocycles. The summed E-state index contributed by atoms with van der Waals surface area (Å²) in [6.07, 6.45) is 4.68. The Morgan fingerprint density at radius 1 is 1.17 bits per heavy atom. The van der Waals surface area contributed by atoms with Gasteiger partial charge in [0.05, 0.1) is 6.61 Å². The zero-order valence-corrected chi connectivity index (χ0v) is 11.2. The average Bonchev–Trinajstić information content (AvgIpc) is 2.39. The van der Waals surface area contributed by atoms with Gasteiger partial charge in [-0.2, -0.15) is 0 Å². The molecule has 0 unspecified atom stereocenters. The van der Waals surface area contributed by atoms with E-state index in [1.807, 2.05) is 37.3 Å². The summed E-state index contributed by atoms with van der Waals surface area (Å²) in [5.41, 5.74) is 0. The van der Waals surface area contributed by atoms with Crippen molar-refractivity contribution in [1.82, 2.24) is 5.32 Å². The third kappa shape index (κ3) is 6.94. The molecule has 1 amide bonds. The number of nitrogens with one attached hydrogen (secondary N) is 1. The summed E-state index contributed by atoms with van der Waals surface area (Å²) in [6, 6.07) is 9.85. The van der Waals surface area contributed by atoms with E-state index in [1.54, 1.807) is 0 Å². The molecule has 3 heteroatoms. The van der Waals surface area contributed by atoms with E-state index in [2.05, 4.69) is 5.32 Å². The SMILES string of the molecule is CCCC(=O)NCCCCCOc1ccccc1. The molecule has 0 saturated heterocycles. The minimum absolute atomic E-state index is 0.165. The molecule has 0 atom stereocenters. The lowest BCUT2D eigenvalue weighted by Crippen LogP contribution is -2.23. The molecule has 0 fully saturated rings. The fraction of sp³-hybridized carbons (Fsp3) is 0.533. The zero-order valence-electron chi connectivity index (χ0n) is 11.2. The first-order valence-electron chi connectivity index (χ1n) is 6.77. The van der Waals surface area contributed by atoms with E-state index in [9.17, 15) is 4.79 Å². The van der Waals surface area contributed by atoms with Gasteiger partial charge in [-0.15, -0.1) is 0 Å². The Labute approximate surface area is 110 Å². The van der Waals surface area contributed by atoms with Crippen molar-refractivity contribution < 1.29 is 9.53 Å². The summed E-state index contributed by atoms with van der Waals surface area (Å²) in [7, 11) is 0. The molecule has 0 aliphatic rings. The van der Waals surface area contributed by atoms with Crippen molar-refractivity contribution in [3.05, 3.63) is 30.3 Å². The van der Waals surface area contributed by atoms with Gasteiger partial charge in [0.2, 0.25) is 5.91 Å². The van der Waals surface area contributed by atoms with E-state index in [1.165, 1.54) is 0 Å². The normalized spacial score (nSPS) is 10.1. The largest absolute Gasteiger partial charge is 0.494 e. The lowest BCUT2D eigenvalue weighted by molar-refractivity contribution is -0.121. The molecule has 1 aromatic rings. The highest BCUT2D eigenvalue weighted by Crippen LogP contribution is 2.09. The molecule has 0 aliphatic heterocycles. The number of hydrogen-bond acceptors (Lipinski definition) is 2. The van der Waals surface area contributed by atoms with Crippen LogP contribution in [0.25, 0.3) is 0 Å². The number of para-hydroxylation sites is 1. The molecule has 1 aromatic carbocycles. The van der Waals surface area contributed by atoms with Gasteiger partial charge < -0.3 is 10.1 Å². The lowest BCUT2D eigenvalue weighted by Gasteiger charge is -2.06. The summed E-state index contributed by atoms with van der Waals surface area (Å²) in [5.74, 6) is 1.09. The van der Waals surface area contributed by atoms with Crippen molar-refractivity contribution in [3.63, 3.8) is 0 Å². The van der Waals surface area contributed by atoms with Gasteiger partial charge in [-0.1, -0.05) is 25.1 Å². The van der Waals surface area contributed by atoms with Crippen LogP contribution in [0.3, 0.4) is 0 Å². The van der Waals surface area contributed by atoms with Gasteiger partial charge in [0.15, 0.2) is 0 Å². The first-order valence-corrected chi connectivity index (χ1v) is 6.77. The molecule has 0 spiro atoms. The van der Waals surface area contributed by atoms with E-state index in [-0.39, 0.29) is 5.91 Å². The first-order chi connectivity index (χ1) is 8.83. The van der Waals surface area contributed by atoms with Crippen LogP contribution in [0.2, 0.25) is 0 Å². The molecular weight excluding hydrogens is 226 g/mol. The monoisotopic (exact) mass is 249 g/mol. The second-order valence-corrected chi connectivity index (χ2v) is 4.32. The van der Waals surface area contributed by atoms with Crippen molar-refractivity contribution in [2.24, 2.45) is 0 Å². The second-order valence-electron chi connectivity index (χ2n) is 4.32. The topological polar surface area (TPSA) is 38.3 Å². The van der Waals surface area contributed by atoms with Crippen LogP contribution in [0, 0.1) is 0 Å². The maximum absolute atomic E-state index is 11.2. The smallest absolute Gasteiger partial charge is 0.219 e. The van der Waals surface area contributed by atoms with Crippen LogP contribution < -0.4 is 10.1 Å². The van der Waals surface area contributed by atoms with Crippen molar-refractivity contribution >= 4 is 5.91 Å². The minimum atomic E-state index is 0.165. The van der Waals surface area contributed by atoms with Crippen LogP contribution in [-0.2, 0) is 4.79 Å². The van der Waals surface area contributed by atoms with Gasteiger partial charge >= 0.3 is 0 Å². The molecule has 100 valence electrons. The van der Waals surface area contributed by atoms with Gasteiger partial charge in [-0.05, 0) is 37.8 Å². The average molecular weight is 249 g/mol. The quantitative estimate of drug-likeness (QED) is 0.683. The fourth-order valence-corrected chi connectivity index (χ4v) is 1.65. The Balaban J connectivity index is 1.92. The number of carbonyl (C=O) groups is 1. The zero-order chi connectivity index (χ0) is 13.1. The number of hydrogen-bond donors (Lipinski definition) is 1. The maximum Gasteiger partial charge on any atom is 0.219 e. The van der Waals surface area contributed by atoms with Crippen molar-refractivity contribution in [2.75, 3.05) is 13.2 Å². The number of unbranched alkanes of at least 4 members (excludes halogenated alkanes) is 2. The van der Waals surface area contributed by atoms with Crippen LogP contribution in [0.15, 0.2) is 30.3 Å². The van der Waals surface area contributed by atoms with Gasteiger partial charge in [0, 0.05) is 13.0 Å². The van der Waals surface area contributed by atoms with E-state index in [0.717, 1.165) is 44.6 Å². The molecule has 0 aliphatic carbocycles. The summed E-state index contributed by atoms with van der Waals surface area (Å²) < 4.78 is 5.58. The van der Waals surface area contributed by atoms with E-state index in [0.29, 0.717) is 6.42 Å². The third-order valence-corrected chi connectivity index (χ3v) is 2.63. The molecular formula is C15H23NO2. The summed E-state index contributed by atoms with van der Waals surface area (Å²) in [5, 5.41) is 2.91. The Morgan fingerprint density at radius 3 is 2.67 bits per heavy atom. The van der Waals surface area contributed by atoms with Crippen LogP contribution >= 0.6 is 0 Å². The predicted octanol–water partition coefficient (Wildman–Crippen LogP) is 3.15. The third-order valence-electron chi connectivity index (χ3n) is 2.63. The van der Waals surface area contributed by atoms with Crippen LogP contribution in [0.5, 0.6) is 5.75 Å². The van der Waals surface area contributed by atoms with Crippen molar-refractivity contribution in [3.8, 4) is 5.75 Å². The van der Waals surface area contributed by atoms with E-state index >= 15 is 0 Å². The van der Waals surface area contributed by atoms with Crippen LogP contribution in [-0.4, -0.2) is 19.1 Å². The maximum atomic E-state index is 11.2. The number of amides is 1. The summed E-state index contributed by atoms with van der Waals surface area (Å²) >= 11 is 0. The van der Waals surface area contributed by atoms with Gasteiger partial charge in [0.1, 0.15) is 5.75 Å². The molecule has 18 heavy (non-hydrogen) atoms. The summed E-state index contributed by atoms with van der Waals surface area (Å²) in [4.78, 5) is 11.2. The van der Waals surface area contributed by atoms with Crippen LogP contribution in [0.4, 0.5) is 0 Å². The Bertz CT molecular complexity index is 325. The first kappa shape index (κ1) is 14.6. The molecule has 0 saturated carbocycles.